The summed E-state index contributed by atoms with van der Waals surface area (Å²) in [5.41, 5.74) is 0.503. The topological polar surface area (TPSA) is 57.9 Å². The first-order chi connectivity index (χ1) is 7.40. The van der Waals surface area contributed by atoms with Crippen LogP contribution in [0.5, 0.6) is 5.88 Å². The first-order valence-corrected chi connectivity index (χ1v) is 5.12. The third-order valence-electron chi connectivity index (χ3n) is 2.42. The van der Waals surface area contributed by atoms with Crippen LogP contribution < -0.4 is 10.1 Å². The van der Waals surface area contributed by atoms with E-state index in [1.54, 1.807) is 18.3 Å². The third-order valence-corrected chi connectivity index (χ3v) is 2.42. The second-order valence-corrected chi connectivity index (χ2v) is 3.55. The van der Waals surface area contributed by atoms with Gasteiger partial charge < -0.3 is 10.1 Å². The Morgan fingerprint density at radius 3 is 3.27 bits per heavy atom. The van der Waals surface area contributed by atoms with E-state index in [1.807, 2.05) is 0 Å². The van der Waals surface area contributed by atoms with Crippen LogP contribution in [0.2, 0.25) is 0 Å². The van der Waals surface area contributed by atoms with Gasteiger partial charge in [0.1, 0.15) is 17.7 Å². The fourth-order valence-electron chi connectivity index (χ4n) is 1.65. The number of hydrogen-bond acceptors (Lipinski definition) is 4. The third kappa shape index (κ3) is 2.45. The molecule has 15 heavy (non-hydrogen) atoms. The molecule has 1 fully saturated rings. The highest BCUT2D eigenvalue weighted by molar-refractivity contribution is 5.37. The molecule has 1 aliphatic rings. The van der Waals surface area contributed by atoms with Gasteiger partial charge in [0, 0.05) is 12.7 Å². The minimum absolute atomic E-state index is 0.140. The molecule has 0 bridgehead atoms. The lowest BCUT2D eigenvalue weighted by molar-refractivity contribution is 0.160. The van der Waals surface area contributed by atoms with Gasteiger partial charge in [-0.2, -0.15) is 5.26 Å². The van der Waals surface area contributed by atoms with Gasteiger partial charge in [-0.15, -0.1) is 0 Å². The Morgan fingerprint density at radius 2 is 2.53 bits per heavy atom. The van der Waals surface area contributed by atoms with Crippen LogP contribution in [0, 0.1) is 11.3 Å². The van der Waals surface area contributed by atoms with Crippen molar-refractivity contribution in [3.8, 4) is 11.9 Å². The molecule has 1 N–H and O–H groups in total. The number of nitriles is 1. The average Bonchev–Trinajstić information content (AvgIpc) is 2.31. The monoisotopic (exact) mass is 203 g/mol. The van der Waals surface area contributed by atoms with E-state index in [0.717, 1.165) is 25.9 Å². The molecular weight excluding hydrogens is 190 g/mol. The van der Waals surface area contributed by atoms with Crippen LogP contribution >= 0.6 is 0 Å². The minimum atomic E-state index is 0.140. The Hall–Kier alpha value is -1.60. The van der Waals surface area contributed by atoms with Crippen LogP contribution in [-0.2, 0) is 0 Å². The summed E-state index contributed by atoms with van der Waals surface area (Å²) in [6.07, 6.45) is 3.92. The van der Waals surface area contributed by atoms with Gasteiger partial charge in [-0.05, 0) is 31.5 Å². The van der Waals surface area contributed by atoms with Crippen LogP contribution in [0.15, 0.2) is 18.3 Å². The van der Waals surface area contributed by atoms with E-state index in [1.165, 1.54) is 0 Å². The lowest BCUT2D eigenvalue weighted by Crippen LogP contribution is -2.37. The SMILES string of the molecule is N#Cc1cccnc1O[C@@H]1CCCNC1. The van der Waals surface area contributed by atoms with Crippen LogP contribution in [0.1, 0.15) is 18.4 Å². The van der Waals surface area contributed by atoms with Crippen molar-refractivity contribution >= 4 is 0 Å². The van der Waals surface area contributed by atoms with Crippen molar-refractivity contribution in [1.82, 2.24) is 10.3 Å². The number of piperidine rings is 1. The first-order valence-electron chi connectivity index (χ1n) is 5.12. The Morgan fingerprint density at radius 1 is 1.60 bits per heavy atom. The zero-order chi connectivity index (χ0) is 10.5. The predicted molar refractivity (Wildman–Crippen MR) is 55.5 cm³/mol. The minimum Gasteiger partial charge on any atom is -0.472 e. The van der Waals surface area contributed by atoms with E-state index in [2.05, 4.69) is 16.4 Å². The van der Waals surface area contributed by atoms with Crippen molar-refractivity contribution in [2.45, 2.75) is 18.9 Å². The van der Waals surface area contributed by atoms with Gasteiger partial charge in [0.15, 0.2) is 0 Å². The highest BCUT2D eigenvalue weighted by atomic mass is 16.5. The van der Waals surface area contributed by atoms with E-state index >= 15 is 0 Å². The molecule has 0 amide bonds. The lowest BCUT2D eigenvalue weighted by Gasteiger charge is -2.23. The molecule has 1 aromatic rings. The molecule has 4 heteroatoms. The maximum absolute atomic E-state index is 8.86. The van der Waals surface area contributed by atoms with Crippen molar-refractivity contribution in [2.24, 2.45) is 0 Å². The molecule has 1 aliphatic heterocycles. The fraction of sp³-hybridized carbons (Fsp3) is 0.455. The summed E-state index contributed by atoms with van der Waals surface area (Å²) in [6, 6.07) is 5.54. The van der Waals surface area contributed by atoms with Crippen LogP contribution in [0.3, 0.4) is 0 Å². The Bertz CT molecular complexity index is 366. The fourth-order valence-corrected chi connectivity index (χ4v) is 1.65. The maximum atomic E-state index is 8.86. The molecule has 0 unspecified atom stereocenters. The van der Waals surface area contributed by atoms with Gasteiger partial charge in [-0.25, -0.2) is 4.98 Å². The highest BCUT2D eigenvalue weighted by Gasteiger charge is 2.16. The number of rotatable bonds is 2. The summed E-state index contributed by atoms with van der Waals surface area (Å²) >= 11 is 0. The van der Waals surface area contributed by atoms with Gasteiger partial charge in [0.2, 0.25) is 5.88 Å². The average molecular weight is 203 g/mol. The largest absolute Gasteiger partial charge is 0.472 e. The molecule has 78 valence electrons. The van der Waals surface area contributed by atoms with Crippen molar-refractivity contribution in [3.05, 3.63) is 23.9 Å². The molecule has 4 nitrogen and oxygen atoms in total. The van der Waals surface area contributed by atoms with E-state index in [0.29, 0.717) is 11.4 Å². The van der Waals surface area contributed by atoms with Crippen molar-refractivity contribution in [1.29, 1.82) is 5.26 Å². The molecule has 0 spiro atoms. The first kappa shape index (κ1) is 9.94. The van der Waals surface area contributed by atoms with Crippen LogP contribution in [-0.4, -0.2) is 24.2 Å². The summed E-state index contributed by atoms with van der Waals surface area (Å²) in [6.45, 7) is 1.88. The predicted octanol–water partition coefficient (Wildman–Crippen LogP) is 1.08. The second-order valence-electron chi connectivity index (χ2n) is 3.55. The molecular formula is C11H13N3O. The number of ether oxygens (including phenoxy) is 1. The van der Waals surface area contributed by atoms with Gasteiger partial charge in [0.05, 0.1) is 0 Å². The quantitative estimate of drug-likeness (QED) is 0.781. The molecule has 1 saturated heterocycles. The molecule has 1 atom stereocenters. The Labute approximate surface area is 88.9 Å². The summed E-state index contributed by atoms with van der Waals surface area (Å²) in [5, 5.41) is 12.1. The van der Waals surface area contributed by atoms with E-state index in [4.69, 9.17) is 10.00 Å². The highest BCUT2D eigenvalue weighted by Crippen LogP contribution is 2.16. The molecule has 0 aromatic carbocycles. The number of aromatic nitrogens is 1. The number of pyridine rings is 1. The summed E-state index contributed by atoms with van der Waals surface area (Å²) in [5.74, 6) is 0.452. The van der Waals surface area contributed by atoms with E-state index < -0.39 is 0 Å². The van der Waals surface area contributed by atoms with Crippen LogP contribution in [0.4, 0.5) is 0 Å². The Balaban J connectivity index is 2.06. The zero-order valence-corrected chi connectivity index (χ0v) is 8.44. The summed E-state index contributed by atoms with van der Waals surface area (Å²) < 4.78 is 5.68. The smallest absolute Gasteiger partial charge is 0.231 e. The molecule has 0 radical (unpaired) electrons. The maximum Gasteiger partial charge on any atom is 0.231 e. The van der Waals surface area contributed by atoms with Crippen molar-refractivity contribution < 1.29 is 4.74 Å². The van der Waals surface area contributed by atoms with Crippen molar-refractivity contribution in [2.75, 3.05) is 13.1 Å². The lowest BCUT2D eigenvalue weighted by atomic mass is 10.1. The van der Waals surface area contributed by atoms with E-state index in [-0.39, 0.29) is 6.10 Å². The van der Waals surface area contributed by atoms with Crippen LogP contribution in [0.25, 0.3) is 0 Å². The summed E-state index contributed by atoms with van der Waals surface area (Å²) in [7, 11) is 0. The van der Waals surface area contributed by atoms with Crippen molar-refractivity contribution in [3.63, 3.8) is 0 Å². The standard InChI is InChI=1S/C11H13N3O/c12-7-9-3-1-6-14-11(9)15-10-4-2-5-13-8-10/h1,3,6,10,13H,2,4-5,8H2/t10-/m1/s1. The molecule has 1 aromatic heterocycles. The van der Waals surface area contributed by atoms with Gasteiger partial charge >= 0.3 is 0 Å². The normalized spacial score (nSPS) is 20.6. The number of nitrogens with zero attached hydrogens (tertiary/aromatic N) is 2. The summed E-state index contributed by atoms with van der Waals surface area (Å²) in [4.78, 5) is 4.07. The zero-order valence-electron chi connectivity index (χ0n) is 8.44. The Kier molecular flexibility index (Phi) is 3.15. The number of hydrogen-bond donors (Lipinski definition) is 1. The molecule has 2 heterocycles. The molecule has 0 aliphatic carbocycles. The van der Waals surface area contributed by atoms with Gasteiger partial charge in [-0.1, -0.05) is 0 Å². The second kappa shape index (κ2) is 4.76. The number of nitrogens with one attached hydrogen (secondary N) is 1. The van der Waals surface area contributed by atoms with Gasteiger partial charge in [0.25, 0.3) is 0 Å². The van der Waals surface area contributed by atoms with Gasteiger partial charge in [-0.3, -0.25) is 0 Å². The molecule has 0 saturated carbocycles. The van der Waals surface area contributed by atoms with E-state index in [9.17, 15) is 0 Å². The molecule has 2 rings (SSSR count).